The predicted octanol–water partition coefficient (Wildman–Crippen LogP) is 0.846. The highest BCUT2D eigenvalue weighted by atomic mass is 16.4. The average molecular weight is 258 g/mol. The normalized spacial score (nSPS) is 18.7. The Kier molecular flexibility index (Phi) is 5.91. The number of carbonyl (C=O) groups is 2. The van der Waals surface area contributed by atoms with E-state index in [-0.39, 0.29) is 19.5 Å². The molecule has 0 atom stereocenters. The molecule has 18 heavy (non-hydrogen) atoms. The average Bonchev–Trinajstić information content (AvgIpc) is 2.52. The summed E-state index contributed by atoms with van der Waals surface area (Å²) >= 11 is 0. The van der Waals surface area contributed by atoms with Gasteiger partial charge in [0.15, 0.2) is 0 Å². The van der Waals surface area contributed by atoms with E-state index in [1.54, 1.807) is 0 Å². The highest BCUT2D eigenvalue weighted by Gasteiger charge is 2.28. The SMILES string of the molecule is O=C(O)CCNC(=O)NCC1(O)CCCCCC1. The lowest BCUT2D eigenvalue weighted by Crippen LogP contribution is -2.46. The van der Waals surface area contributed by atoms with Gasteiger partial charge in [-0.3, -0.25) is 4.79 Å². The van der Waals surface area contributed by atoms with Gasteiger partial charge in [-0.05, 0) is 12.8 Å². The lowest BCUT2D eigenvalue weighted by Gasteiger charge is -2.26. The Morgan fingerprint density at radius 2 is 1.67 bits per heavy atom. The summed E-state index contributed by atoms with van der Waals surface area (Å²) in [6, 6.07) is -0.422. The van der Waals surface area contributed by atoms with Crippen molar-refractivity contribution in [3.05, 3.63) is 0 Å². The fraction of sp³-hybridized carbons (Fsp3) is 0.833. The molecule has 4 N–H and O–H groups in total. The summed E-state index contributed by atoms with van der Waals surface area (Å²) in [6.07, 6.45) is 5.56. The molecule has 0 saturated heterocycles. The molecule has 1 rings (SSSR count). The molecule has 2 amide bonds. The lowest BCUT2D eigenvalue weighted by molar-refractivity contribution is -0.136. The van der Waals surface area contributed by atoms with Crippen LogP contribution in [0.15, 0.2) is 0 Å². The molecule has 6 nitrogen and oxygen atoms in total. The lowest BCUT2D eigenvalue weighted by atomic mass is 9.95. The standard InChI is InChI=1S/C12H22N2O4/c15-10(16)5-8-13-11(17)14-9-12(18)6-3-1-2-4-7-12/h18H,1-9H2,(H,15,16)(H2,13,14,17). The van der Waals surface area contributed by atoms with E-state index in [2.05, 4.69) is 10.6 Å². The molecule has 6 heteroatoms. The van der Waals surface area contributed by atoms with Crippen molar-refractivity contribution in [2.45, 2.75) is 50.5 Å². The summed E-state index contributed by atoms with van der Waals surface area (Å²) in [5, 5.41) is 23.7. The van der Waals surface area contributed by atoms with E-state index in [0.29, 0.717) is 12.8 Å². The number of carboxylic acids is 1. The van der Waals surface area contributed by atoms with Crippen molar-refractivity contribution in [3.8, 4) is 0 Å². The number of urea groups is 1. The molecule has 0 aliphatic heterocycles. The van der Waals surface area contributed by atoms with Crippen LogP contribution in [0.5, 0.6) is 0 Å². The highest BCUT2D eigenvalue weighted by molar-refractivity contribution is 5.75. The van der Waals surface area contributed by atoms with Crippen molar-refractivity contribution in [1.29, 1.82) is 0 Å². The van der Waals surface area contributed by atoms with Crippen LogP contribution in [0.2, 0.25) is 0 Å². The number of carbonyl (C=O) groups excluding carboxylic acids is 1. The fourth-order valence-corrected chi connectivity index (χ4v) is 2.15. The first-order valence-corrected chi connectivity index (χ1v) is 6.48. The van der Waals surface area contributed by atoms with Crippen LogP contribution in [0, 0.1) is 0 Å². The molecule has 0 radical (unpaired) electrons. The van der Waals surface area contributed by atoms with Crippen LogP contribution < -0.4 is 10.6 Å². The maximum atomic E-state index is 11.4. The summed E-state index contributed by atoms with van der Waals surface area (Å²) in [7, 11) is 0. The van der Waals surface area contributed by atoms with Crippen LogP contribution in [-0.4, -0.2) is 40.9 Å². The number of nitrogens with one attached hydrogen (secondary N) is 2. The fourth-order valence-electron chi connectivity index (χ4n) is 2.15. The van der Waals surface area contributed by atoms with Crippen LogP contribution in [0.4, 0.5) is 4.79 Å². The Labute approximate surface area is 107 Å². The van der Waals surface area contributed by atoms with Crippen LogP contribution in [-0.2, 0) is 4.79 Å². The molecular formula is C12H22N2O4. The molecule has 1 saturated carbocycles. The number of hydrogen-bond acceptors (Lipinski definition) is 3. The van der Waals surface area contributed by atoms with E-state index < -0.39 is 17.6 Å². The van der Waals surface area contributed by atoms with Gasteiger partial charge in [0.1, 0.15) is 0 Å². The van der Waals surface area contributed by atoms with Crippen molar-refractivity contribution in [1.82, 2.24) is 10.6 Å². The van der Waals surface area contributed by atoms with Crippen molar-refractivity contribution in [3.63, 3.8) is 0 Å². The number of aliphatic hydroxyl groups is 1. The number of amides is 2. The quantitative estimate of drug-likeness (QED) is 0.549. The van der Waals surface area contributed by atoms with Gasteiger partial charge in [-0.25, -0.2) is 4.79 Å². The Balaban J connectivity index is 2.21. The third-order valence-corrected chi connectivity index (χ3v) is 3.24. The molecule has 104 valence electrons. The zero-order valence-corrected chi connectivity index (χ0v) is 10.6. The summed E-state index contributed by atoms with van der Waals surface area (Å²) < 4.78 is 0. The zero-order valence-electron chi connectivity index (χ0n) is 10.6. The molecule has 1 fully saturated rings. The third kappa shape index (κ3) is 5.86. The first kappa shape index (κ1) is 14.8. The van der Waals surface area contributed by atoms with E-state index >= 15 is 0 Å². The predicted molar refractivity (Wildman–Crippen MR) is 66.3 cm³/mol. The van der Waals surface area contributed by atoms with Crippen molar-refractivity contribution in [2.75, 3.05) is 13.1 Å². The molecule has 0 bridgehead atoms. The second kappa shape index (κ2) is 7.20. The minimum atomic E-state index is -0.947. The maximum Gasteiger partial charge on any atom is 0.314 e. The second-order valence-corrected chi connectivity index (χ2v) is 4.89. The second-order valence-electron chi connectivity index (χ2n) is 4.89. The van der Waals surface area contributed by atoms with Gasteiger partial charge in [0, 0.05) is 13.1 Å². The minimum absolute atomic E-state index is 0.0968. The molecule has 0 spiro atoms. The monoisotopic (exact) mass is 258 g/mol. The molecule has 0 aromatic rings. The van der Waals surface area contributed by atoms with E-state index in [9.17, 15) is 14.7 Å². The smallest absolute Gasteiger partial charge is 0.314 e. The van der Waals surface area contributed by atoms with Crippen LogP contribution in [0.1, 0.15) is 44.9 Å². The van der Waals surface area contributed by atoms with E-state index in [1.165, 1.54) is 0 Å². The Morgan fingerprint density at radius 3 is 2.22 bits per heavy atom. The molecule has 0 heterocycles. The number of carboxylic acid groups (broad SMARTS) is 1. The third-order valence-electron chi connectivity index (χ3n) is 3.24. The van der Waals surface area contributed by atoms with Crippen molar-refractivity contribution >= 4 is 12.0 Å². The largest absolute Gasteiger partial charge is 0.481 e. The number of aliphatic carboxylic acids is 1. The van der Waals surface area contributed by atoms with Gasteiger partial charge in [-0.1, -0.05) is 25.7 Å². The first-order chi connectivity index (χ1) is 8.52. The number of rotatable bonds is 5. The summed E-state index contributed by atoms with van der Waals surface area (Å²) in [6.45, 7) is 0.325. The first-order valence-electron chi connectivity index (χ1n) is 6.48. The van der Waals surface area contributed by atoms with E-state index in [0.717, 1.165) is 25.7 Å². The summed E-state index contributed by atoms with van der Waals surface area (Å²) in [5.41, 5.74) is -0.805. The van der Waals surface area contributed by atoms with Gasteiger partial charge < -0.3 is 20.8 Å². The topological polar surface area (TPSA) is 98.7 Å². The highest BCUT2D eigenvalue weighted by Crippen LogP contribution is 2.26. The van der Waals surface area contributed by atoms with Gasteiger partial charge in [-0.15, -0.1) is 0 Å². The maximum absolute atomic E-state index is 11.4. The van der Waals surface area contributed by atoms with Crippen LogP contribution in [0.25, 0.3) is 0 Å². The van der Waals surface area contributed by atoms with E-state index in [4.69, 9.17) is 5.11 Å². The molecule has 1 aliphatic rings. The molecule has 1 aliphatic carbocycles. The Bertz CT molecular complexity index is 286. The Morgan fingerprint density at radius 1 is 1.06 bits per heavy atom. The van der Waals surface area contributed by atoms with E-state index in [1.807, 2.05) is 0 Å². The Hall–Kier alpha value is -1.30. The van der Waals surface area contributed by atoms with Gasteiger partial charge in [0.25, 0.3) is 0 Å². The van der Waals surface area contributed by atoms with Crippen LogP contribution in [0.3, 0.4) is 0 Å². The molecule has 0 aromatic carbocycles. The van der Waals surface area contributed by atoms with Gasteiger partial charge in [0.2, 0.25) is 0 Å². The van der Waals surface area contributed by atoms with Gasteiger partial charge in [-0.2, -0.15) is 0 Å². The van der Waals surface area contributed by atoms with Crippen LogP contribution >= 0.6 is 0 Å². The van der Waals surface area contributed by atoms with Gasteiger partial charge >= 0.3 is 12.0 Å². The van der Waals surface area contributed by atoms with Gasteiger partial charge in [0.05, 0.1) is 12.0 Å². The molecule has 0 unspecified atom stereocenters. The molecule has 0 aromatic heterocycles. The number of hydrogen-bond donors (Lipinski definition) is 4. The summed E-state index contributed by atoms with van der Waals surface area (Å²) in [4.78, 5) is 21.6. The minimum Gasteiger partial charge on any atom is -0.481 e. The zero-order chi connectivity index (χ0) is 13.4. The summed E-state index contributed by atoms with van der Waals surface area (Å²) in [5.74, 6) is -0.947. The van der Waals surface area contributed by atoms with Crippen molar-refractivity contribution in [2.24, 2.45) is 0 Å². The van der Waals surface area contributed by atoms with Crippen molar-refractivity contribution < 1.29 is 19.8 Å². The molecular weight excluding hydrogens is 236 g/mol.